The molecule has 24 heavy (non-hydrogen) atoms. The largest absolute Gasteiger partial charge is 0.325 e. The van der Waals surface area contributed by atoms with E-state index < -0.39 is 0 Å². The summed E-state index contributed by atoms with van der Waals surface area (Å²) in [7, 11) is 0. The normalized spacial score (nSPS) is 10.8. The second kappa shape index (κ2) is 9.37. The van der Waals surface area contributed by atoms with Gasteiger partial charge in [0.1, 0.15) is 12.4 Å². The molecule has 0 atom stereocenters. The van der Waals surface area contributed by atoms with Gasteiger partial charge in [-0.05, 0) is 49.2 Å². The third-order valence-electron chi connectivity index (χ3n) is 3.92. The quantitative estimate of drug-likeness (QED) is 0.526. The van der Waals surface area contributed by atoms with Gasteiger partial charge in [0, 0.05) is 12.1 Å². The lowest BCUT2D eigenvalue weighted by molar-refractivity contribution is -0.116. The summed E-state index contributed by atoms with van der Waals surface area (Å²) in [4.78, 5) is 12.3. The van der Waals surface area contributed by atoms with E-state index in [0.29, 0.717) is 4.77 Å². The van der Waals surface area contributed by atoms with Crippen LogP contribution >= 0.6 is 12.2 Å². The van der Waals surface area contributed by atoms with E-state index in [9.17, 15) is 4.79 Å². The summed E-state index contributed by atoms with van der Waals surface area (Å²) >= 11 is 5.20. The molecule has 1 aromatic carbocycles. The molecule has 1 amide bonds. The molecule has 0 aliphatic carbocycles. The summed E-state index contributed by atoms with van der Waals surface area (Å²) in [5, 5.41) is 9.86. The third-order valence-corrected chi connectivity index (χ3v) is 4.23. The molecule has 2 N–H and O–H groups in total. The first kappa shape index (κ1) is 18.4. The van der Waals surface area contributed by atoms with E-state index in [-0.39, 0.29) is 12.5 Å². The highest BCUT2D eigenvalue weighted by atomic mass is 32.1. The maximum Gasteiger partial charge on any atom is 0.244 e. The van der Waals surface area contributed by atoms with Crippen LogP contribution in [0.2, 0.25) is 0 Å². The highest BCUT2D eigenvalue weighted by Crippen LogP contribution is 2.13. The van der Waals surface area contributed by atoms with Gasteiger partial charge in [-0.15, -0.1) is 0 Å². The van der Waals surface area contributed by atoms with Crippen molar-refractivity contribution in [2.24, 2.45) is 0 Å². The van der Waals surface area contributed by atoms with E-state index in [0.717, 1.165) is 30.8 Å². The van der Waals surface area contributed by atoms with Crippen molar-refractivity contribution in [2.75, 3.05) is 5.32 Å². The summed E-state index contributed by atoms with van der Waals surface area (Å²) in [6.45, 7) is 4.46. The second-order valence-electron chi connectivity index (χ2n) is 5.98. The Morgan fingerprint density at radius 3 is 2.58 bits per heavy atom. The number of amides is 1. The van der Waals surface area contributed by atoms with E-state index in [1.54, 1.807) is 4.57 Å². The van der Waals surface area contributed by atoms with Gasteiger partial charge in [0.25, 0.3) is 0 Å². The first-order valence-electron chi connectivity index (χ1n) is 8.67. The van der Waals surface area contributed by atoms with Crippen LogP contribution in [0.25, 0.3) is 0 Å². The predicted molar refractivity (Wildman–Crippen MR) is 99.7 cm³/mol. The zero-order valence-corrected chi connectivity index (χ0v) is 15.3. The van der Waals surface area contributed by atoms with Crippen molar-refractivity contribution in [2.45, 2.75) is 58.9 Å². The Morgan fingerprint density at radius 1 is 1.17 bits per heavy atom. The summed E-state index contributed by atoms with van der Waals surface area (Å²) < 4.78 is 2.24. The lowest BCUT2D eigenvalue weighted by Gasteiger charge is -2.08. The molecule has 0 saturated heterocycles. The van der Waals surface area contributed by atoms with E-state index >= 15 is 0 Å². The zero-order valence-electron chi connectivity index (χ0n) is 14.5. The van der Waals surface area contributed by atoms with Crippen molar-refractivity contribution >= 4 is 23.8 Å². The molecule has 0 spiro atoms. The van der Waals surface area contributed by atoms with Gasteiger partial charge in [0.05, 0.1) is 0 Å². The monoisotopic (exact) mass is 346 g/mol. The number of aryl methyl sites for hydroxylation is 2. The number of aromatic amines is 1. The number of carbonyl (C=O) groups excluding carboxylic acids is 1. The number of unbranched alkanes of at least 4 members (excludes halogenated alkanes) is 2. The molecule has 1 aromatic heterocycles. The Morgan fingerprint density at radius 2 is 1.92 bits per heavy atom. The smallest absolute Gasteiger partial charge is 0.244 e. The van der Waals surface area contributed by atoms with E-state index in [1.165, 1.54) is 24.8 Å². The van der Waals surface area contributed by atoms with Crippen molar-refractivity contribution in [1.82, 2.24) is 14.8 Å². The van der Waals surface area contributed by atoms with Crippen LogP contribution in [0.1, 0.15) is 50.9 Å². The Labute approximate surface area is 148 Å². The van der Waals surface area contributed by atoms with Crippen LogP contribution in [0.3, 0.4) is 0 Å². The van der Waals surface area contributed by atoms with Gasteiger partial charge >= 0.3 is 0 Å². The summed E-state index contributed by atoms with van der Waals surface area (Å²) in [5.74, 6) is 0.729. The molecule has 0 aliphatic heterocycles. The number of aromatic nitrogens is 3. The molecule has 0 fully saturated rings. The zero-order chi connectivity index (χ0) is 17.4. The summed E-state index contributed by atoms with van der Waals surface area (Å²) in [6.07, 6.45) is 6.54. The highest BCUT2D eigenvalue weighted by molar-refractivity contribution is 7.71. The molecule has 1 heterocycles. The molecule has 6 heteroatoms. The molecule has 0 bridgehead atoms. The van der Waals surface area contributed by atoms with Gasteiger partial charge in [0.2, 0.25) is 5.91 Å². The minimum atomic E-state index is -0.0939. The van der Waals surface area contributed by atoms with Crippen LogP contribution in [0, 0.1) is 4.77 Å². The molecular weight excluding hydrogens is 320 g/mol. The number of carbonyl (C=O) groups is 1. The molecule has 2 aromatic rings. The maximum atomic E-state index is 12.3. The highest BCUT2D eigenvalue weighted by Gasteiger charge is 2.10. The van der Waals surface area contributed by atoms with Gasteiger partial charge < -0.3 is 5.32 Å². The number of H-pyrrole nitrogens is 1. The number of rotatable bonds is 9. The molecule has 0 saturated carbocycles. The van der Waals surface area contributed by atoms with Crippen LogP contribution in [0.4, 0.5) is 5.69 Å². The standard InChI is InChI=1S/C18H26N4OS/c1-3-5-6-8-14-9-11-15(12-10-14)19-17(23)13-22-16(7-4-2)20-21-18(22)24/h9-12H,3-8,13H2,1-2H3,(H,19,23)(H,21,24). The Hall–Kier alpha value is -1.95. The van der Waals surface area contributed by atoms with E-state index in [1.807, 2.05) is 12.1 Å². The van der Waals surface area contributed by atoms with E-state index in [2.05, 4.69) is 41.5 Å². The molecule has 130 valence electrons. The van der Waals surface area contributed by atoms with Crippen LogP contribution in [-0.4, -0.2) is 20.7 Å². The van der Waals surface area contributed by atoms with Crippen LogP contribution < -0.4 is 5.32 Å². The van der Waals surface area contributed by atoms with Gasteiger partial charge in [-0.25, -0.2) is 0 Å². The van der Waals surface area contributed by atoms with E-state index in [4.69, 9.17) is 12.2 Å². The molecule has 0 aliphatic rings. The number of nitrogens with one attached hydrogen (secondary N) is 2. The average Bonchev–Trinajstić information content (AvgIpc) is 2.90. The third kappa shape index (κ3) is 5.30. The topological polar surface area (TPSA) is 62.7 Å². The van der Waals surface area contributed by atoms with Gasteiger partial charge in [-0.2, -0.15) is 5.10 Å². The van der Waals surface area contributed by atoms with Gasteiger partial charge in [-0.3, -0.25) is 14.5 Å². The fraction of sp³-hybridized carbons (Fsp3) is 0.500. The average molecular weight is 346 g/mol. The molecule has 2 rings (SSSR count). The van der Waals surface area contributed by atoms with Crippen molar-refractivity contribution in [3.63, 3.8) is 0 Å². The molecule has 0 unspecified atom stereocenters. The molecular formula is C18H26N4OS. The van der Waals surface area contributed by atoms with Crippen LogP contribution in [0.5, 0.6) is 0 Å². The Kier molecular flexibility index (Phi) is 7.18. The fourth-order valence-electron chi connectivity index (χ4n) is 2.61. The lowest BCUT2D eigenvalue weighted by Crippen LogP contribution is -2.20. The minimum absolute atomic E-state index is 0.0939. The van der Waals surface area contributed by atoms with Gasteiger partial charge in [0.15, 0.2) is 4.77 Å². The second-order valence-corrected chi connectivity index (χ2v) is 6.37. The van der Waals surface area contributed by atoms with Crippen LogP contribution in [0.15, 0.2) is 24.3 Å². The molecule has 5 nitrogen and oxygen atoms in total. The predicted octanol–water partition coefficient (Wildman–Crippen LogP) is 4.26. The Bertz CT molecular complexity index is 703. The summed E-state index contributed by atoms with van der Waals surface area (Å²) in [5.41, 5.74) is 2.12. The van der Waals surface area contributed by atoms with Crippen molar-refractivity contribution in [3.8, 4) is 0 Å². The van der Waals surface area contributed by atoms with Crippen molar-refractivity contribution < 1.29 is 4.79 Å². The summed E-state index contributed by atoms with van der Waals surface area (Å²) in [6, 6.07) is 8.08. The van der Waals surface area contributed by atoms with Gasteiger partial charge in [-0.1, -0.05) is 38.8 Å². The fourth-order valence-corrected chi connectivity index (χ4v) is 2.82. The first-order valence-corrected chi connectivity index (χ1v) is 9.07. The number of hydrogen-bond donors (Lipinski definition) is 2. The van der Waals surface area contributed by atoms with Crippen molar-refractivity contribution in [1.29, 1.82) is 0 Å². The number of nitrogens with zero attached hydrogens (tertiary/aromatic N) is 2. The number of hydrogen-bond acceptors (Lipinski definition) is 3. The number of anilines is 1. The first-order chi connectivity index (χ1) is 11.6. The Balaban J connectivity index is 1.93. The van der Waals surface area contributed by atoms with Crippen LogP contribution in [-0.2, 0) is 24.2 Å². The van der Waals surface area contributed by atoms with Crippen molar-refractivity contribution in [3.05, 3.63) is 40.4 Å². The maximum absolute atomic E-state index is 12.3. The minimum Gasteiger partial charge on any atom is -0.325 e. The SMILES string of the molecule is CCCCCc1ccc(NC(=O)Cn2c(CCC)n[nH]c2=S)cc1. The lowest BCUT2D eigenvalue weighted by atomic mass is 10.1. The number of benzene rings is 1. The molecule has 0 radical (unpaired) electrons.